The summed E-state index contributed by atoms with van der Waals surface area (Å²) in [6.07, 6.45) is 0. The molecule has 0 aromatic heterocycles. The lowest BCUT2D eigenvalue weighted by Gasteiger charge is -2.24. The second kappa shape index (κ2) is 9.37. The number of carbonyl (C=O) groups excluding carboxylic acids is 2. The number of benzene rings is 3. The Morgan fingerprint density at radius 1 is 0.833 bits per heavy atom. The van der Waals surface area contributed by atoms with Crippen molar-refractivity contribution in [3.8, 4) is 0 Å². The first kappa shape index (κ1) is 21.3. The Morgan fingerprint density at radius 2 is 1.27 bits per heavy atom. The SMILES string of the molecule is C/C(C(c1ccccc1Cl)C(C(=O)c1ccccc1)C(=O)c1ccccc1)=[N+](\[O-])O. The molecule has 0 heterocycles. The molecule has 3 aromatic rings. The normalized spacial score (nSPS) is 12.9. The molecule has 5 nitrogen and oxygen atoms in total. The Bertz CT molecular complexity index is 1030. The van der Waals surface area contributed by atoms with Crippen molar-refractivity contribution in [2.45, 2.75) is 12.8 Å². The van der Waals surface area contributed by atoms with Crippen LogP contribution in [0.2, 0.25) is 5.02 Å². The van der Waals surface area contributed by atoms with E-state index < -0.39 is 23.4 Å². The van der Waals surface area contributed by atoms with Gasteiger partial charge in [-0.05, 0) is 11.6 Å². The topological polar surface area (TPSA) is 80.4 Å². The molecule has 0 aliphatic rings. The molecule has 3 rings (SSSR count). The Labute approximate surface area is 179 Å². The molecule has 0 fully saturated rings. The first-order valence-electron chi connectivity index (χ1n) is 9.34. The molecule has 0 radical (unpaired) electrons. The highest BCUT2D eigenvalue weighted by Crippen LogP contribution is 2.35. The summed E-state index contributed by atoms with van der Waals surface area (Å²) in [5.74, 6) is -3.27. The largest absolute Gasteiger partial charge is 0.418 e. The van der Waals surface area contributed by atoms with Crippen molar-refractivity contribution in [1.29, 1.82) is 0 Å². The molecular weight excluding hydrogens is 402 g/mol. The molecule has 0 spiro atoms. The van der Waals surface area contributed by atoms with Crippen LogP contribution in [0.3, 0.4) is 0 Å². The first-order valence-corrected chi connectivity index (χ1v) is 9.72. The summed E-state index contributed by atoms with van der Waals surface area (Å²) in [6.45, 7) is 1.38. The van der Waals surface area contributed by atoms with Gasteiger partial charge in [0, 0.05) is 28.0 Å². The Balaban J connectivity index is 2.24. The van der Waals surface area contributed by atoms with Crippen molar-refractivity contribution in [2.24, 2.45) is 5.92 Å². The molecule has 30 heavy (non-hydrogen) atoms. The average Bonchev–Trinajstić information content (AvgIpc) is 2.78. The highest BCUT2D eigenvalue weighted by molar-refractivity contribution is 6.32. The van der Waals surface area contributed by atoms with Crippen LogP contribution in [0.25, 0.3) is 0 Å². The van der Waals surface area contributed by atoms with Gasteiger partial charge in [0.05, 0.1) is 5.92 Å². The van der Waals surface area contributed by atoms with Crippen molar-refractivity contribution in [3.05, 3.63) is 112 Å². The number of ketones is 2. The highest BCUT2D eigenvalue weighted by atomic mass is 35.5. The molecule has 0 bridgehead atoms. The van der Waals surface area contributed by atoms with Crippen LogP contribution in [0.5, 0.6) is 0 Å². The minimum Gasteiger partial charge on any atom is -0.418 e. The van der Waals surface area contributed by atoms with Gasteiger partial charge in [-0.2, -0.15) is 0 Å². The van der Waals surface area contributed by atoms with E-state index >= 15 is 0 Å². The van der Waals surface area contributed by atoms with E-state index in [2.05, 4.69) is 0 Å². The quantitative estimate of drug-likeness (QED) is 0.142. The van der Waals surface area contributed by atoms with E-state index in [-0.39, 0.29) is 15.6 Å². The minimum atomic E-state index is -1.29. The van der Waals surface area contributed by atoms with Gasteiger partial charge in [-0.3, -0.25) is 14.8 Å². The standard InChI is InChI=1S/C24H20ClNO4/c1-16(26(29)30)21(19-14-8-9-15-20(19)25)22(23(27)17-10-4-2-5-11-17)24(28)18-12-6-3-7-13-18/h2-15,21-22H,1H3,(H,29,30). The summed E-state index contributed by atoms with van der Waals surface area (Å²) in [6, 6.07) is 23.4. The van der Waals surface area contributed by atoms with Crippen LogP contribution in [0, 0.1) is 11.1 Å². The number of hydrogen-bond acceptors (Lipinski definition) is 4. The summed E-state index contributed by atoms with van der Waals surface area (Å²) in [4.78, 5) is 26.8. The molecule has 1 unspecified atom stereocenters. The van der Waals surface area contributed by atoms with Gasteiger partial charge in [-0.15, -0.1) is 0 Å². The predicted molar refractivity (Wildman–Crippen MR) is 115 cm³/mol. The Morgan fingerprint density at radius 3 is 1.70 bits per heavy atom. The molecule has 0 saturated carbocycles. The van der Waals surface area contributed by atoms with Crippen LogP contribution in [0.4, 0.5) is 0 Å². The molecular formula is C24H20ClNO4. The van der Waals surface area contributed by atoms with Crippen molar-refractivity contribution in [2.75, 3.05) is 0 Å². The van der Waals surface area contributed by atoms with Crippen molar-refractivity contribution in [3.63, 3.8) is 0 Å². The number of nitrogens with zero attached hydrogens (tertiary/aromatic N) is 1. The third-order valence-electron chi connectivity index (χ3n) is 5.01. The van der Waals surface area contributed by atoms with Gasteiger partial charge in [0.1, 0.15) is 5.92 Å². The maximum atomic E-state index is 13.5. The van der Waals surface area contributed by atoms with Gasteiger partial charge in [0.15, 0.2) is 11.6 Å². The van der Waals surface area contributed by atoms with E-state index in [4.69, 9.17) is 11.6 Å². The van der Waals surface area contributed by atoms with Crippen LogP contribution in [0.1, 0.15) is 39.1 Å². The summed E-state index contributed by atoms with van der Waals surface area (Å²) in [5, 5.41) is 21.8. The third kappa shape index (κ3) is 4.42. The van der Waals surface area contributed by atoms with E-state index in [9.17, 15) is 20.0 Å². The zero-order valence-corrected chi connectivity index (χ0v) is 17.0. The lowest BCUT2D eigenvalue weighted by Crippen LogP contribution is -2.36. The second-order valence-corrected chi connectivity index (χ2v) is 7.26. The van der Waals surface area contributed by atoms with E-state index in [1.54, 1.807) is 84.9 Å². The molecule has 152 valence electrons. The predicted octanol–water partition coefficient (Wildman–Crippen LogP) is 5.17. The van der Waals surface area contributed by atoms with Crippen LogP contribution in [0.15, 0.2) is 84.9 Å². The second-order valence-electron chi connectivity index (χ2n) is 6.85. The summed E-state index contributed by atoms with van der Waals surface area (Å²) in [5.41, 5.74) is 0.950. The lowest BCUT2D eigenvalue weighted by atomic mass is 9.75. The lowest BCUT2D eigenvalue weighted by molar-refractivity contribution is -0.727. The average molecular weight is 422 g/mol. The van der Waals surface area contributed by atoms with Crippen molar-refractivity contribution in [1.82, 2.24) is 0 Å². The first-order chi connectivity index (χ1) is 14.4. The third-order valence-corrected chi connectivity index (χ3v) is 5.35. The van der Waals surface area contributed by atoms with Gasteiger partial charge in [0.2, 0.25) is 5.71 Å². The van der Waals surface area contributed by atoms with Crippen LogP contribution < -0.4 is 0 Å². The number of halogens is 1. The molecule has 3 aromatic carbocycles. The molecule has 1 N–H and O–H groups in total. The summed E-state index contributed by atoms with van der Waals surface area (Å²) in [7, 11) is 0. The van der Waals surface area contributed by atoms with E-state index in [1.807, 2.05) is 0 Å². The van der Waals surface area contributed by atoms with Crippen molar-refractivity contribution < 1.29 is 19.7 Å². The molecule has 1 atom stereocenters. The number of carbonyl (C=O) groups is 2. The fourth-order valence-electron chi connectivity index (χ4n) is 3.48. The van der Waals surface area contributed by atoms with Crippen LogP contribution in [-0.4, -0.2) is 27.4 Å². The Kier molecular flexibility index (Phi) is 6.65. The fourth-order valence-corrected chi connectivity index (χ4v) is 3.73. The number of rotatable bonds is 7. The molecule has 0 saturated heterocycles. The number of hydrogen-bond donors (Lipinski definition) is 1. The van der Waals surface area contributed by atoms with Gasteiger partial charge < -0.3 is 5.21 Å². The van der Waals surface area contributed by atoms with E-state index in [0.29, 0.717) is 16.7 Å². The summed E-state index contributed by atoms with van der Waals surface area (Å²) >= 11 is 6.38. The zero-order chi connectivity index (χ0) is 21.7. The molecule has 0 amide bonds. The Hall–Kier alpha value is -3.44. The van der Waals surface area contributed by atoms with Crippen molar-refractivity contribution >= 4 is 28.9 Å². The van der Waals surface area contributed by atoms with Gasteiger partial charge in [0.25, 0.3) is 0 Å². The summed E-state index contributed by atoms with van der Waals surface area (Å²) < 4.78 is 0. The van der Waals surface area contributed by atoms with Gasteiger partial charge in [-0.1, -0.05) is 90.5 Å². The number of Topliss-reactive ketones (excluding diaryl/α,β-unsaturated/α-hetero) is 2. The molecule has 0 aliphatic heterocycles. The zero-order valence-electron chi connectivity index (χ0n) is 16.2. The maximum Gasteiger partial charge on any atom is 0.227 e. The van der Waals surface area contributed by atoms with Crippen LogP contribution >= 0.6 is 11.6 Å². The van der Waals surface area contributed by atoms with Crippen LogP contribution in [-0.2, 0) is 0 Å². The maximum absolute atomic E-state index is 13.5. The monoisotopic (exact) mass is 421 g/mol. The molecule has 6 heteroatoms. The van der Waals surface area contributed by atoms with Gasteiger partial charge >= 0.3 is 0 Å². The van der Waals surface area contributed by atoms with E-state index in [0.717, 1.165) is 0 Å². The minimum absolute atomic E-state index is 0.110. The fraction of sp³-hybridized carbons (Fsp3) is 0.125. The smallest absolute Gasteiger partial charge is 0.227 e. The highest BCUT2D eigenvalue weighted by Gasteiger charge is 2.42. The molecule has 0 aliphatic carbocycles. The van der Waals surface area contributed by atoms with E-state index in [1.165, 1.54) is 6.92 Å². The van der Waals surface area contributed by atoms with Gasteiger partial charge in [-0.25, -0.2) is 0 Å².